The first-order valence-corrected chi connectivity index (χ1v) is 8.92. The maximum Gasteiger partial charge on any atom is 0.228 e. The number of H-pyrrole nitrogens is 1. The summed E-state index contributed by atoms with van der Waals surface area (Å²) in [5.41, 5.74) is 2.07. The maximum absolute atomic E-state index is 14.7. The third-order valence-corrected chi connectivity index (χ3v) is 5.32. The molecule has 7 nitrogen and oxygen atoms in total. The fraction of sp³-hybridized carbons (Fsp3) is 0.389. The molecule has 4 heterocycles. The minimum absolute atomic E-state index is 0.216. The molecule has 3 aromatic rings. The van der Waals surface area contributed by atoms with Crippen LogP contribution in [0.1, 0.15) is 18.5 Å². The Morgan fingerprint density at radius 3 is 2.81 bits per heavy atom. The largest absolute Gasteiger partial charge is 0.338 e. The molecule has 2 saturated heterocycles. The summed E-state index contributed by atoms with van der Waals surface area (Å²) in [4.78, 5) is 11.2. The summed E-state index contributed by atoms with van der Waals surface area (Å²) >= 11 is 0. The fourth-order valence-electron chi connectivity index (χ4n) is 4.01. The molecule has 0 saturated carbocycles. The highest BCUT2D eigenvalue weighted by atomic mass is 19.1. The standard InChI is InChI=1S/C18H20FN7/c1-10-16(19)17(23-12-2-5-15-11(6-12)7-21-25-15)24-18(22-10)26-13-3-4-14(26)9-20-8-13/h2,5-7,13-14,20H,3-4,8-9H2,1H3,(H,21,25)(H,22,23,24). The lowest BCUT2D eigenvalue weighted by atomic mass is 10.2. The van der Waals surface area contributed by atoms with Crippen molar-refractivity contribution in [3.8, 4) is 0 Å². The van der Waals surface area contributed by atoms with Gasteiger partial charge in [0.05, 0.1) is 17.4 Å². The number of benzene rings is 1. The van der Waals surface area contributed by atoms with Crippen molar-refractivity contribution < 1.29 is 4.39 Å². The molecule has 0 aliphatic carbocycles. The van der Waals surface area contributed by atoms with E-state index in [1.165, 1.54) is 0 Å². The number of hydrogen-bond acceptors (Lipinski definition) is 6. The molecule has 2 bridgehead atoms. The van der Waals surface area contributed by atoms with Gasteiger partial charge >= 0.3 is 0 Å². The van der Waals surface area contributed by atoms with Crippen LogP contribution in [0.3, 0.4) is 0 Å². The molecule has 134 valence electrons. The van der Waals surface area contributed by atoms with E-state index in [1.807, 2.05) is 18.2 Å². The van der Waals surface area contributed by atoms with E-state index >= 15 is 0 Å². The Morgan fingerprint density at radius 2 is 2.00 bits per heavy atom. The van der Waals surface area contributed by atoms with Crippen molar-refractivity contribution >= 4 is 28.4 Å². The highest BCUT2D eigenvalue weighted by molar-refractivity contribution is 5.82. The number of piperazine rings is 1. The minimum Gasteiger partial charge on any atom is -0.338 e. The van der Waals surface area contributed by atoms with Crippen molar-refractivity contribution in [2.45, 2.75) is 31.8 Å². The monoisotopic (exact) mass is 353 g/mol. The Bertz CT molecular complexity index is 953. The van der Waals surface area contributed by atoms with Crippen molar-refractivity contribution in [1.82, 2.24) is 25.5 Å². The van der Waals surface area contributed by atoms with Crippen LogP contribution in [0.2, 0.25) is 0 Å². The van der Waals surface area contributed by atoms with Crippen molar-refractivity contribution in [3.63, 3.8) is 0 Å². The third kappa shape index (κ3) is 2.48. The first kappa shape index (κ1) is 15.5. The van der Waals surface area contributed by atoms with Crippen molar-refractivity contribution in [2.24, 2.45) is 0 Å². The highest BCUT2D eigenvalue weighted by Gasteiger charge is 2.38. The Balaban J connectivity index is 1.51. The van der Waals surface area contributed by atoms with E-state index in [9.17, 15) is 4.39 Å². The number of hydrogen-bond donors (Lipinski definition) is 3. The molecule has 0 radical (unpaired) electrons. The van der Waals surface area contributed by atoms with Crippen LogP contribution in [0.4, 0.5) is 21.8 Å². The Morgan fingerprint density at radius 1 is 1.19 bits per heavy atom. The van der Waals surface area contributed by atoms with Gasteiger partial charge in [-0.05, 0) is 38.0 Å². The number of nitrogens with one attached hydrogen (secondary N) is 3. The lowest BCUT2D eigenvalue weighted by Crippen LogP contribution is -2.52. The summed E-state index contributed by atoms with van der Waals surface area (Å²) in [7, 11) is 0. The number of nitrogens with zero attached hydrogens (tertiary/aromatic N) is 4. The minimum atomic E-state index is -0.413. The van der Waals surface area contributed by atoms with E-state index in [0.717, 1.165) is 42.5 Å². The maximum atomic E-state index is 14.7. The van der Waals surface area contributed by atoms with E-state index in [0.29, 0.717) is 23.7 Å². The van der Waals surface area contributed by atoms with Crippen molar-refractivity contribution in [2.75, 3.05) is 23.3 Å². The van der Waals surface area contributed by atoms with Gasteiger partial charge in [0.2, 0.25) is 5.95 Å². The molecule has 2 aromatic heterocycles. The topological polar surface area (TPSA) is 81.8 Å². The number of aromatic nitrogens is 4. The number of aryl methyl sites for hydroxylation is 1. The van der Waals surface area contributed by atoms with Gasteiger partial charge in [-0.25, -0.2) is 9.37 Å². The smallest absolute Gasteiger partial charge is 0.228 e. The summed E-state index contributed by atoms with van der Waals surface area (Å²) in [6.07, 6.45) is 3.99. The molecule has 2 fully saturated rings. The second-order valence-corrected chi connectivity index (χ2v) is 7.02. The molecule has 0 amide bonds. The summed E-state index contributed by atoms with van der Waals surface area (Å²) < 4.78 is 14.7. The molecule has 26 heavy (non-hydrogen) atoms. The van der Waals surface area contributed by atoms with Gasteiger partial charge in [-0.3, -0.25) is 5.10 Å². The van der Waals surface area contributed by atoms with Crippen molar-refractivity contribution in [3.05, 3.63) is 35.9 Å². The molecular formula is C18H20FN7. The molecule has 5 rings (SSSR count). The molecule has 8 heteroatoms. The normalized spacial score (nSPS) is 22.2. The highest BCUT2D eigenvalue weighted by Crippen LogP contribution is 2.32. The molecule has 2 atom stereocenters. The Labute approximate surface area is 150 Å². The zero-order chi connectivity index (χ0) is 17.7. The summed E-state index contributed by atoms with van der Waals surface area (Å²) in [5, 5.41) is 14.4. The van der Waals surface area contributed by atoms with E-state index in [2.05, 4.69) is 35.7 Å². The molecule has 2 unspecified atom stereocenters. The number of fused-ring (bicyclic) bond motifs is 3. The van der Waals surface area contributed by atoms with E-state index in [4.69, 9.17) is 0 Å². The SMILES string of the molecule is Cc1nc(N2C3CCC2CNC3)nc(Nc2ccc3[nH]ncc3c2)c1F. The van der Waals surface area contributed by atoms with Gasteiger partial charge in [-0.15, -0.1) is 0 Å². The molecule has 2 aliphatic heterocycles. The van der Waals surface area contributed by atoms with E-state index in [1.54, 1.807) is 13.1 Å². The second-order valence-electron chi connectivity index (χ2n) is 7.02. The summed E-state index contributed by atoms with van der Waals surface area (Å²) in [6, 6.07) is 6.48. The van der Waals surface area contributed by atoms with E-state index in [-0.39, 0.29) is 5.82 Å². The molecule has 3 N–H and O–H groups in total. The molecule has 0 spiro atoms. The van der Waals surface area contributed by atoms with E-state index < -0.39 is 5.82 Å². The van der Waals surface area contributed by atoms with Crippen LogP contribution in [0.15, 0.2) is 24.4 Å². The summed E-state index contributed by atoms with van der Waals surface area (Å²) in [5.74, 6) is 0.418. The van der Waals surface area contributed by atoms with Crippen LogP contribution in [0.5, 0.6) is 0 Å². The second kappa shape index (κ2) is 5.91. The molecular weight excluding hydrogens is 333 g/mol. The lowest BCUT2D eigenvalue weighted by molar-refractivity contribution is 0.475. The van der Waals surface area contributed by atoms with Gasteiger partial charge < -0.3 is 15.5 Å². The van der Waals surface area contributed by atoms with Gasteiger partial charge in [0, 0.05) is 36.2 Å². The number of rotatable bonds is 3. The van der Waals surface area contributed by atoms with Crippen LogP contribution in [0, 0.1) is 12.7 Å². The molecule has 1 aromatic carbocycles. The first-order chi connectivity index (χ1) is 12.7. The lowest BCUT2D eigenvalue weighted by Gasteiger charge is -2.35. The van der Waals surface area contributed by atoms with Gasteiger partial charge in [0.1, 0.15) is 0 Å². The van der Waals surface area contributed by atoms with Gasteiger partial charge in [0.25, 0.3) is 0 Å². The van der Waals surface area contributed by atoms with Crippen LogP contribution >= 0.6 is 0 Å². The summed E-state index contributed by atoms with van der Waals surface area (Å²) in [6.45, 7) is 3.54. The number of aromatic amines is 1. The van der Waals surface area contributed by atoms with Crippen LogP contribution in [-0.4, -0.2) is 45.3 Å². The van der Waals surface area contributed by atoms with Gasteiger partial charge in [-0.1, -0.05) is 0 Å². The number of anilines is 3. The molecule has 2 aliphatic rings. The average Bonchev–Trinajstić information content (AvgIpc) is 3.20. The zero-order valence-corrected chi connectivity index (χ0v) is 14.5. The quantitative estimate of drug-likeness (QED) is 0.671. The van der Waals surface area contributed by atoms with Gasteiger partial charge in [-0.2, -0.15) is 10.1 Å². The van der Waals surface area contributed by atoms with Crippen molar-refractivity contribution in [1.29, 1.82) is 0 Å². The Kier molecular flexibility index (Phi) is 3.53. The first-order valence-electron chi connectivity index (χ1n) is 8.92. The predicted molar refractivity (Wildman–Crippen MR) is 98.3 cm³/mol. The van der Waals surface area contributed by atoms with Gasteiger partial charge in [0.15, 0.2) is 11.6 Å². The zero-order valence-electron chi connectivity index (χ0n) is 14.5. The number of halogens is 1. The third-order valence-electron chi connectivity index (χ3n) is 5.32. The Hall–Kier alpha value is -2.74. The van der Waals surface area contributed by atoms with Crippen LogP contribution in [0.25, 0.3) is 10.9 Å². The van der Waals surface area contributed by atoms with Crippen LogP contribution < -0.4 is 15.5 Å². The average molecular weight is 353 g/mol. The van der Waals surface area contributed by atoms with Crippen LogP contribution in [-0.2, 0) is 0 Å². The predicted octanol–water partition coefficient (Wildman–Crippen LogP) is 2.48. The fourth-order valence-corrected chi connectivity index (χ4v) is 4.01.